The predicted molar refractivity (Wildman–Crippen MR) is 119 cm³/mol. The Morgan fingerprint density at radius 2 is 1.68 bits per heavy atom. The lowest BCUT2D eigenvalue weighted by atomic mass is 9.95. The Hall–Kier alpha value is -2.89. The molecule has 3 aliphatic heterocycles. The zero-order chi connectivity index (χ0) is 20.9. The van der Waals surface area contributed by atoms with Gasteiger partial charge in [0.15, 0.2) is 11.5 Å². The van der Waals surface area contributed by atoms with Crippen molar-refractivity contribution in [3.63, 3.8) is 0 Å². The first-order chi connectivity index (χ1) is 15.2. The van der Waals surface area contributed by atoms with Crippen molar-refractivity contribution < 1.29 is 14.2 Å². The van der Waals surface area contributed by atoms with E-state index in [0.29, 0.717) is 23.3 Å². The summed E-state index contributed by atoms with van der Waals surface area (Å²) in [6, 6.07) is 19.6. The second-order valence-electron chi connectivity index (χ2n) is 7.68. The molecule has 3 aliphatic rings. The highest BCUT2D eigenvalue weighted by atomic mass is 35.5. The molecular formula is C24H18Cl2N2O3. The largest absolute Gasteiger partial charge is 0.486 e. The van der Waals surface area contributed by atoms with Gasteiger partial charge in [-0.2, -0.15) is 5.10 Å². The van der Waals surface area contributed by atoms with Crippen molar-refractivity contribution in [3.05, 3.63) is 87.4 Å². The maximum Gasteiger partial charge on any atom is 0.215 e. The molecular weight excluding hydrogens is 435 g/mol. The van der Waals surface area contributed by atoms with E-state index in [9.17, 15) is 0 Å². The summed E-state index contributed by atoms with van der Waals surface area (Å²) in [4.78, 5) is 0. The van der Waals surface area contributed by atoms with Gasteiger partial charge in [-0.25, -0.2) is 5.01 Å². The van der Waals surface area contributed by atoms with E-state index in [2.05, 4.69) is 6.07 Å². The van der Waals surface area contributed by atoms with Crippen LogP contribution < -0.4 is 14.2 Å². The van der Waals surface area contributed by atoms with Gasteiger partial charge in [-0.05, 0) is 36.4 Å². The van der Waals surface area contributed by atoms with Crippen molar-refractivity contribution in [3.8, 4) is 17.2 Å². The van der Waals surface area contributed by atoms with Gasteiger partial charge in [-0.3, -0.25) is 0 Å². The molecule has 0 radical (unpaired) electrons. The molecule has 0 saturated heterocycles. The molecule has 6 rings (SSSR count). The molecule has 0 aromatic heterocycles. The summed E-state index contributed by atoms with van der Waals surface area (Å²) in [5.74, 6) is 2.37. The lowest BCUT2D eigenvalue weighted by Crippen LogP contribution is -2.33. The van der Waals surface area contributed by atoms with Gasteiger partial charge in [-0.1, -0.05) is 47.5 Å². The average Bonchev–Trinajstić information content (AvgIpc) is 3.24. The number of hydrogen-bond acceptors (Lipinski definition) is 5. The molecule has 0 fully saturated rings. The van der Waals surface area contributed by atoms with E-state index in [1.165, 1.54) is 0 Å². The van der Waals surface area contributed by atoms with Crippen LogP contribution in [0.1, 0.15) is 35.4 Å². The van der Waals surface area contributed by atoms with Crippen molar-refractivity contribution in [1.82, 2.24) is 5.01 Å². The van der Waals surface area contributed by atoms with E-state index in [0.717, 1.165) is 46.1 Å². The summed E-state index contributed by atoms with van der Waals surface area (Å²) in [7, 11) is 0. The summed E-state index contributed by atoms with van der Waals surface area (Å²) >= 11 is 12.7. The van der Waals surface area contributed by atoms with E-state index in [4.69, 9.17) is 42.5 Å². The third-order valence-electron chi connectivity index (χ3n) is 5.80. The molecule has 2 atom stereocenters. The molecule has 0 N–H and O–H groups in total. The van der Waals surface area contributed by atoms with Gasteiger partial charge in [-0.15, -0.1) is 0 Å². The van der Waals surface area contributed by atoms with Crippen molar-refractivity contribution in [1.29, 1.82) is 0 Å². The number of nitrogens with zero attached hydrogens (tertiary/aromatic N) is 2. The SMILES string of the molecule is Clc1ccc([C@H]2Oc3ccccc3[C@H]3CC(c4ccc5c(c4)OCCO5)=NN32)c(Cl)c1. The fraction of sp³-hybridized carbons (Fsp3) is 0.208. The van der Waals surface area contributed by atoms with E-state index in [1.54, 1.807) is 6.07 Å². The summed E-state index contributed by atoms with van der Waals surface area (Å²) in [5, 5.41) is 8.13. The molecule has 3 aromatic carbocycles. The standard InChI is InChI=1S/C24H18Cl2N2O3/c25-15-6-7-16(18(26)12-15)24-28-20(17-3-1-2-4-21(17)31-24)13-19(27-28)14-5-8-22-23(11-14)30-10-9-29-22/h1-8,11-12,20,24H,9-10,13H2/t20-,24-/m1/s1. The summed E-state index contributed by atoms with van der Waals surface area (Å²) < 4.78 is 17.8. The number of benzene rings is 3. The molecule has 5 nitrogen and oxygen atoms in total. The highest BCUT2D eigenvalue weighted by molar-refractivity contribution is 6.35. The monoisotopic (exact) mass is 452 g/mol. The lowest BCUT2D eigenvalue weighted by Gasteiger charge is -2.38. The minimum Gasteiger partial charge on any atom is -0.486 e. The Bertz CT molecular complexity index is 1210. The second kappa shape index (κ2) is 7.36. The van der Waals surface area contributed by atoms with Crippen molar-refractivity contribution in [2.75, 3.05) is 13.2 Å². The summed E-state index contributed by atoms with van der Waals surface area (Å²) in [6.07, 6.45) is 0.307. The van der Waals surface area contributed by atoms with Gasteiger partial charge >= 0.3 is 0 Å². The second-order valence-corrected chi connectivity index (χ2v) is 8.52. The fourth-order valence-electron chi connectivity index (χ4n) is 4.34. The van der Waals surface area contributed by atoms with Gasteiger partial charge in [0.1, 0.15) is 19.0 Å². The number of hydrazone groups is 1. The van der Waals surface area contributed by atoms with Crippen molar-refractivity contribution >= 4 is 28.9 Å². The molecule has 0 spiro atoms. The molecule has 31 heavy (non-hydrogen) atoms. The number of rotatable bonds is 2. The summed E-state index contributed by atoms with van der Waals surface area (Å²) in [6.45, 7) is 1.12. The lowest BCUT2D eigenvalue weighted by molar-refractivity contribution is -0.0189. The maximum atomic E-state index is 6.54. The zero-order valence-corrected chi connectivity index (χ0v) is 17.9. The van der Waals surface area contributed by atoms with Crippen LogP contribution in [0.2, 0.25) is 10.0 Å². The van der Waals surface area contributed by atoms with Crippen LogP contribution in [0.3, 0.4) is 0 Å². The minimum absolute atomic E-state index is 0.0462. The smallest absolute Gasteiger partial charge is 0.215 e. The quantitative estimate of drug-likeness (QED) is 0.477. The van der Waals surface area contributed by atoms with Crippen LogP contribution >= 0.6 is 23.2 Å². The first-order valence-electron chi connectivity index (χ1n) is 10.1. The van der Waals surface area contributed by atoms with Gasteiger partial charge < -0.3 is 14.2 Å². The van der Waals surface area contributed by atoms with Crippen LogP contribution in [0, 0.1) is 0 Å². The Balaban J connectivity index is 1.43. The van der Waals surface area contributed by atoms with Gasteiger partial charge in [0.25, 0.3) is 0 Å². The highest BCUT2D eigenvalue weighted by Gasteiger charge is 2.41. The third-order valence-corrected chi connectivity index (χ3v) is 6.37. The molecule has 0 bridgehead atoms. The van der Waals surface area contributed by atoms with Crippen LogP contribution in [0.5, 0.6) is 17.2 Å². The number of hydrogen-bond donors (Lipinski definition) is 0. The topological polar surface area (TPSA) is 43.3 Å². The van der Waals surface area contributed by atoms with Crippen molar-refractivity contribution in [2.45, 2.75) is 18.7 Å². The molecule has 0 unspecified atom stereocenters. The maximum absolute atomic E-state index is 6.54. The fourth-order valence-corrected chi connectivity index (χ4v) is 4.84. The third kappa shape index (κ3) is 3.20. The van der Waals surface area contributed by atoms with E-state index in [-0.39, 0.29) is 6.04 Å². The number of para-hydroxylation sites is 1. The van der Waals surface area contributed by atoms with Crippen LogP contribution in [0.25, 0.3) is 0 Å². The van der Waals surface area contributed by atoms with E-state index in [1.807, 2.05) is 53.5 Å². The Labute approximate surface area is 189 Å². The minimum atomic E-state index is -0.445. The number of halogens is 2. The van der Waals surface area contributed by atoms with Crippen LogP contribution in [-0.2, 0) is 0 Å². The first-order valence-corrected chi connectivity index (χ1v) is 10.9. The van der Waals surface area contributed by atoms with Gasteiger partial charge in [0, 0.05) is 28.1 Å². The molecule has 0 aliphatic carbocycles. The Morgan fingerprint density at radius 1 is 0.839 bits per heavy atom. The van der Waals surface area contributed by atoms with E-state index < -0.39 is 6.23 Å². The number of ether oxygens (including phenoxy) is 3. The first kappa shape index (κ1) is 18.8. The molecule has 3 heterocycles. The predicted octanol–water partition coefficient (Wildman–Crippen LogP) is 6.01. The Morgan fingerprint density at radius 3 is 2.55 bits per heavy atom. The van der Waals surface area contributed by atoms with Crippen LogP contribution in [0.15, 0.2) is 65.8 Å². The van der Waals surface area contributed by atoms with E-state index >= 15 is 0 Å². The van der Waals surface area contributed by atoms with Gasteiger partial charge in [0.05, 0.1) is 16.8 Å². The Kier molecular flexibility index (Phi) is 4.47. The van der Waals surface area contributed by atoms with Crippen LogP contribution in [-0.4, -0.2) is 23.9 Å². The van der Waals surface area contributed by atoms with Gasteiger partial charge in [0.2, 0.25) is 6.23 Å². The normalized spacial score (nSPS) is 21.1. The van der Waals surface area contributed by atoms with Crippen molar-refractivity contribution in [2.24, 2.45) is 5.10 Å². The highest BCUT2D eigenvalue weighted by Crippen LogP contribution is 2.48. The zero-order valence-electron chi connectivity index (χ0n) is 16.4. The molecule has 3 aromatic rings. The molecule has 0 amide bonds. The number of fused-ring (bicyclic) bond motifs is 4. The average molecular weight is 453 g/mol. The van der Waals surface area contributed by atoms with Crippen LogP contribution in [0.4, 0.5) is 0 Å². The molecule has 156 valence electrons. The molecule has 0 saturated carbocycles. The summed E-state index contributed by atoms with van der Waals surface area (Å²) in [5.41, 5.74) is 3.92. The molecule has 7 heteroatoms.